The molecule has 0 N–H and O–H groups in total. The lowest BCUT2D eigenvalue weighted by Gasteiger charge is -2.16. The Balaban J connectivity index is 0.000000342. The first-order chi connectivity index (χ1) is 9.17. The lowest BCUT2D eigenvalue weighted by Crippen LogP contribution is -2.27. The van der Waals surface area contributed by atoms with Crippen LogP contribution in [0, 0.1) is 0 Å². The summed E-state index contributed by atoms with van der Waals surface area (Å²) >= 11 is 0. The minimum Gasteiger partial charge on any atom is -0.376 e. The van der Waals surface area contributed by atoms with E-state index >= 15 is 0 Å². The van der Waals surface area contributed by atoms with Gasteiger partial charge in [-0.2, -0.15) is 0 Å². The Kier molecular flexibility index (Phi) is 12.1. The van der Waals surface area contributed by atoms with Gasteiger partial charge in [-0.15, -0.1) is 0 Å². The predicted molar refractivity (Wildman–Crippen MR) is 80.8 cm³/mol. The lowest BCUT2D eigenvalue weighted by molar-refractivity contribution is 0.107. The van der Waals surface area contributed by atoms with Crippen molar-refractivity contribution in [3.63, 3.8) is 0 Å². The van der Waals surface area contributed by atoms with E-state index in [1.807, 2.05) is 20.8 Å². The third kappa shape index (κ3) is 9.95. The maximum atomic E-state index is 5.22. The van der Waals surface area contributed by atoms with E-state index in [0.29, 0.717) is 19.8 Å². The van der Waals surface area contributed by atoms with Crippen molar-refractivity contribution in [1.29, 1.82) is 0 Å². The molecular formula is C13H30N2O3Si. The number of nitrogens with zero attached hydrogens (tertiary/aromatic N) is 2. The minimum absolute atomic E-state index is 0.677. The summed E-state index contributed by atoms with van der Waals surface area (Å²) in [6, 6.07) is 0. The van der Waals surface area contributed by atoms with Crippen molar-refractivity contribution in [2.24, 2.45) is 0 Å². The Hall–Kier alpha value is -0.563. The zero-order chi connectivity index (χ0) is 14.5. The van der Waals surface area contributed by atoms with Crippen LogP contribution in [0.15, 0.2) is 12.4 Å². The Labute approximate surface area is 120 Å². The summed E-state index contributed by atoms with van der Waals surface area (Å²) in [7, 11) is 0.356. The van der Waals surface area contributed by atoms with E-state index in [2.05, 4.69) is 36.2 Å². The Morgan fingerprint density at radius 1 is 0.947 bits per heavy atom. The zero-order valence-corrected chi connectivity index (χ0v) is 14.2. The molecule has 0 saturated carbocycles. The lowest BCUT2D eigenvalue weighted by atomic mass is 10.4. The average molecular weight is 290 g/mol. The highest BCUT2D eigenvalue weighted by Crippen LogP contribution is 2.02. The zero-order valence-electron chi connectivity index (χ0n) is 13.1. The fourth-order valence-corrected chi connectivity index (χ4v) is 2.68. The van der Waals surface area contributed by atoms with E-state index in [1.165, 1.54) is 13.0 Å². The van der Waals surface area contributed by atoms with Gasteiger partial charge in [-0.05, 0) is 27.2 Å². The summed E-state index contributed by atoms with van der Waals surface area (Å²) in [4.78, 5) is 4.48. The normalized spacial score (nSPS) is 14.0. The first-order valence-electron chi connectivity index (χ1n) is 7.15. The van der Waals surface area contributed by atoms with Crippen LogP contribution < -0.4 is 0 Å². The Morgan fingerprint density at radius 2 is 1.47 bits per heavy atom. The molecule has 0 saturated heterocycles. The summed E-state index contributed by atoms with van der Waals surface area (Å²) in [5, 5.41) is 0. The van der Waals surface area contributed by atoms with Crippen molar-refractivity contribution in [1.82, 2.24) is 9.80 Å². The average Bonchev–Trinajstić information content (AvgIpc) is 2.77. The van der Waals surface area contributed by atoms with Gasteiger partial charge in [-0.3, -0.25) is 0 Å². The largest absolute Gasteiger partial charge is 0.484 e. The van der Waals surface area contributed by atoms with Gasteiger partial charge in [0, 0.05) is 45.8 Å². The highest BCUT2D eigenvalue weighted by atomic mass is 28.3. The molecule has 1 rings (SSSR count). The first-order valence-corrected chi connectivity index (χ1v) is 8.56. The van der Waals surface area contributed by atoms with E-state index in [1.54, 1.807) is 0 Å². The quantitative estimate of drug-likeness (QED) is 0.638. The molecule has 0 radical (unpaired) electrons. The molecule has 0 fully saturated rings. The van der Waals surface area contributed by atoms with Gasteiger partial charge in [0.1, 0.15) is 0 Å². The van der Waals surface area contributed by atoms with Crippen LogP contribution in [0.5, 0.6) is 0 Å². The second-order valence-electron chi connectivity index (χ2n) is 4.16. The van der Waals surface area contributed by atoms with E-state index in [9.17, 15) is 0 Å². The van der Waals surface area contributed by atoms with E-state index < -0.39 is 9.53 Å². The molecule has 0 aromatic carbocycles. The molecule has 0 amide bonds. The van der Waals surface area contributed by atoms with Gasteiger partial charge in [0.25, 0.3) is 0 Å². The van der Waals surface area contributed by atoms with Crippen LogP contribution in [0.1, 0.15) is 34.1 Å². The van der Waals surface area contributed by atoms with Gasteiger partial charge in [0.05, 0.1) is 6.67 Å². The highest BCUT2D eigenvalue weighted by molar-refractivity contribution is 6.36. The maximum Gasteiger partial charge on any atom is 0.484 e. The Morgan fingerprint density at radius 3 is 1.79 bits per heavy atom. The molecular weight excluding hydrogens is 260 g/mol. The van der Waals surface area contributed by atoms with E-state index in [4.69, 9.17) is 13.3 Å². The van der Waals surface area contributed by atoms with Crippen LogP contribution in [-0.2, 0) is 13.3 Å². The molecule has 1 aliphatic heterocycles. The van der Waals surface area contributed by atoms with Crippen molar-refractivity contribution in [2.45, 2.75) is 34.1 Å². The second-order valence-corrected chi connectivity index (χ2v) is 5.74. The number of hydrogen-bond donors (Lipinski definition) is 0. The van der Waals surface area contributed by atoms with Crippen LogP contribution >= 0.6 is 0 Å². The van der Waals surface area contributed by atoms with Crippen molar-refractivity contribution < 1.29 is 13.3 Å². The standard InChI is InChI=1S/C7H14N2.C6H16O3Si/c1-3-4-9-6-5-8(2)7-9;1-4-7-10(8-5-2)9-6-3/h5-6H,3-4,7H2,1-2H3;10H,4-6H2,1-3H3. The predicted octanol–water partition coefficient (Wildman–Crippen LogP) is 1.89. The topological polar surface area (TPSA) is 34.2 Å². The van der Waals surface area contributed by atoms with Gasteiger partial charge in [0.15, 0.2) is 0 Å². The Bertz CT molecular complexity index is 216. The van der Waals surface area contributed by atoms with Crippen LogP contribution in [-0.4, -0.2) is 59.4 Å². The monoisotopic (exact) mass is 290 g/mol. The van der Waals surface area contributed by atoms with Gasteiger partial charge in [-0.1, -0.05) is 6.92 Å². The molecule has 0 aromatic rings. The third-order valence-electron chi connectivity index (χ3n) is 2.36. The molecule has 0 atom stereocenters. The molecule has 6 heteroatoms. The number of hydrogen-bond acceptors (Lipinski definition) is 5. The summed E-state index contributed by atoms with van der Waals surface area (Å²) in [5.74, 6) is 0. The summed E-state index contributed by atoms with van der Waals surface area (Å²) in [6.45, 7) is 12.3. The molecule has 0 aromatic heterocycles. The summed E-state index contributed by atoms with van der Waals surface area (Å²) < 4.78 is 15.7. The van der Waals surface area contributed by atoms with Gasteiger partial charge >= 0.3 is 9.53 Å². The van der Waals surface area contributed by atoms with E-state index in [0.717, 1.165) is 6.67 Å². The molecule has 5 nitrogen and oxygen atoms in total. The van der Waals surface area contributed by atoms with Crippen molar-refractivity contribution in [2.75, 3.05) is 40.1 Å². The van der Waals surface area contributed by atoms with Crippen LogP contribution in [0.3, 0.4) is 0 Å². The van der Waals surface area contributed by atoms with Crippen molar-refractivity contribution in [3.05, 3.63) is 12.4 Å². The van der Waals surface area contributed by atoms with Crippen LogP contribution in [0.4, 0.5) is 0 Å². The fourth-order valence-electron chi connectivity index (χ4n) is 1.57. The van der Waals surface area contributed by atoms with Crippen LogP contribution in [0.25, 0.3) is 0 Å². The molecule has 0 spiro atoms. The second kappa shape index (κ2) is 12.5. The van der Waals surface area contributed by atoms with Gasteiger partial charge in [-0.25, -0.2) is 0 Å². The summed E-state index contributed by atoms with van der Waals surface area (Å²) in [6.07, 6.45) is 5.48. The molecule has 114 valence electrons. The van der Waals surface area contributed by atoms with Gasteiger partial charge in [0.2, 0.25) is 0 Å². The molecule has 1 heterocycles. The molecule has 19 heavy (non-hydrogen) atoms. The maximum absolute atomic E-state index is 5.22. The molecule has 0 aliphatic carbocycles. The molecule has 1 aliphatic rings. The molecule has 0 unspecified atom stereocenters. The highest BCUT2D eigenvalue weighted by Gasteiger charge is 2.11. The van der Waals surface area contributed by atoms with Crippen LogP contribution in [0.2, 0.25) is 0 Å². The minimum atomic E-state index is -1.73. The number of rotatable bonds is 8. The van der Waals surface area contributed by atoms with E-state index in [-0.39, 0.29) is 0 Å². The van der Waals surface area contributed by atoms with Crippen molar-refractivity contribution in [3.8, 4) is 0 Å². The fraction of sp³-hybridized carbons (Fsp3) is 0.846. The SMILES string of the molecule is CCCN1C=CN(C)C1.CCO[SiH](OCC)OCC. The first kappa shape index (κ1) is 18.4. The third-order valence-corrected chi connectivity index (χ3v) is 4.17. The molecule has 0 bridgehead atoms. The summed E-state index contributed by atoms with van der Waals surface area (Å²) in [5.41, 5.74) is 0. The van der Waals surface area contributed by atoms with Crippen molar-refractivity contribution >= 4 is 9.53 Å². The smallest absolute Gasteiger partial charge is 0.376 e. The van der Waals surface area contributed by atoms with Gasteiger partial charge < -0.3 is 23.1 Å².